The van der Waals surface area contributed by atoms with Crippen LogP contribution < -0.4 is 15.4 Å². The number of rotatable bonds is 9. The Morgan fingerprint density at radius 2 is 1.45 bits per heavy atom. The van der Waals surface area contributed by atoms with Gasteiger partial charge in [0.2, 0.25) is 0 Å². The highest BCUT2D eigenvalue weighted by Gasteiger charge is 2.50. The summed E-state index contributed by atoms with van der Waals surface area (Å²) in [7, 11) is 0. The number of ether oxygens (including phenoxy) is 3. The summed E-state index contributed by atoms with van der Waals surface area (Å²) in [5, 5.41) is 15.4. The Morgan fingerprint density at radius 3 is 2.12 bits per heavy atom. The third-order valence-corrected chi connectivity index (χ3v) is 10.1. The second-order valence-corrected chi connectivity index (χ2v) is 15.1. The van der Waals surface area contributed by atoms with Crippen LogP contribution in [0.3, 0.4) is 0 Å². The average Bonchev–Trinajstić information content (AvgIpc) is 3.33. The maximum Gasteiger partial charge on any atom is 0.323 e. The molecular formula is C41H47N3O5. The first-order chi connectivity index (χ1) is 23.6. The summed E-state index contributed by atoms with van der Waals surface area (Å²) in [6, 6.07) is 32.7. The fraction of sp³-hybridized carbons (Fsp3) is 0.390. The van der Waals surface area contributed by atoms with Crippen LogP contribution in [0.1, 0.15) is 75.5 Å². The van der Waals surface area contributed by atoms with E-state index in [1.54, 1.807) is 12.1 Å². The number of likely N-dealkylation sites (tertiary alicyclic amines) is 1. The van der Waals surface area contributed by atoms with Crippen molar-refractivity contribution in [1.82, 2.24) is 4.90 Å². The molecule has 2 aliphatic heterocycles. The molecule has 0 spiro atoms. The summed E-state index contributed by atoms with van der Waals surface area (Å²) in [5.41, 5.74) is 4.89. The molecule has 2 amide bonds. The summed E-state index contributed by atoms with van der Waals surface area (Å²) in [6.07, 6.45) is 3.81. The molecule has 0 radical (unpaired) electrons. The molecule has 1 saturated carbocycles. The van der Waals surface area contributed by atoms with Gasteiger partial charge in [0.15, 0.2) is 6.29 Å². The smallest absolute Gasteiger partial charge is 0.323 e. The van der Waals surface area contributed by atoms with Crippen molar-refractivity contribution in [1.29, 1.82) is 0 Å². The number of fused-ring (bicyclic) bond motifs is 2. The van der Waals surface area contributed by atoms with Gasteiger partial charge in [-0.2, -0.15) is 0 Å². The molecular weight excluding hydrogens is 614 g/mol. The highest BCUT2D eigenvalue weighted by molar-refractivity contribution is 5.99. The largest absolute Gasteiger partial charge is 0.457 e. The maximum absolute atomic E-state index is 12.8. The Hall–Kier alpha value is -4.21. The van der Waals surface area contributed by atoms with E-state index in [4.69, 9.17) is 14.2 Å². The molecule has 5 atom stereocenters. The van der Waals surface area contributed by atoms with Gasteiger partial charge < -0.3 is 30.0 Å². The molecule has 8 heteroatoms. The molecule has 2 saturated heterocycles. The molecule has 2 unspecified atom stereocenters. The first kappa shape index (κ1) is 33.3. The fourth-order valence-electron chi connectivity index (χ4n) is 8.33. The number of carbonyl (C=O) groups is 1. The average molecular weight is 662 g/mol. The summed E-state index contributed by atoms with van der Waals surface area (Å²) < 4.78 is 19.1. The van der Waals surface area contributed by atoms with Crippen LogP contribution in [0.4, 0.5) is 16.2 Å². The number of para-hydroxylation sites is 1. The van der Waals surface area contributed by atoms with Crippen molar-refractivity contribution >= 4 is 17.4 Å². The number of hydrogen-bond donors (Lipinski definition) is 3. The van der Waals surface area contributed by atoms with Gasteiger partial charge in [-0.05, 0) is 89.8 Å². The van der Waals surface area contributed by atoms with E-state index >= 15 is 0 Å². The summed E-state index contributed by atoms with van der Waals surface area (Å²) in [6.45, 7) is 9.27. The van der Waals surface area contributed by atoms with Crippen molar-refractivity contribution < 1.29 is 24.1 Å². The van der Waals surface area contributed by atoms with Crippen LogP contribution in [0.15, 0.2) is 103 Å². The predicted octanol–water partition coefficient (Wildman–Crippen LogP) is 9.06. The topological polar surface area (TPSA) is 92.3 Å². The zero-order valence-corrected chi connectivity index (χ0v) is 28.6. The van der Waals surface area contributed by atoms with Crippen LogP contribution in [0, 0.1) is 10.8 Å². The van der Waals surface area contributed by atoms with E-state index in [-0.39, 0.29) is 24.8 Å². The second kappa shape index (κ2) is 14.0. The highest BCUT2D eigenvalue weighted by Crippen LogP contribution is 2.53. The third-order valence-electron chi connectivity index (χ3n) is 10.1. The number of hydrogen-bond acceptors (Lipinski definition) is 6. The van der Waals surface area contributed by atoms with E-state index in [2.05, 4.69) is 48.4 Å². The molecule has 4 aromatic rings. The van der Waals surface area contributed by atoms with Gasteiger partial charge in [-0.25, -0.2) is 4.79 Å². The predicted molar refractivity (Wildman–Crippen MR) is 192 cm³/mol. The molecule has 3 fully saturated rings. The standard InChI is InChI=1S/C41H47N3O5/c1-40(2)22-33-23-41(3,26-40)27-44(33)24-36-21-37(29-11-9-28(25-45)10-12-29)49-38(48-36)30-13-15-31(16-14-30)42-39(46)43-32-17-19-35(20-18-32)47-34-7-5-4-6-8-34/h4-20,33,36-38,45H,21-27H2,1-3H3,(H2,42,43,46)/t33?,36-,37+,38+,41?/m0/s1. The Morgan fingerprint density at radius 1 is 0.816 bits per heavy atom. The van der Waals surface area contributed by atoms with Gasteiger partial charge in [0.05, 0.1) is 18.8 Å². The SMILES string of the molecule is CC1(C)CC2CC(C)(CN2C[C@@H]2C[C@H](c3ccc(CO)cc3)O[C@H](c3ccc(NC(=O)Nc4ccc(Oc5ccccc5)cc4)cc3)O2)C1. The van der Waals surface area contributed by atoms with Crippen molar-refractivity contribution in [3.8, 4) is 11.5 Å². The van der Waals surface area contributed by atoms with E-state index in [1.165, 1.54) is 19.3 Å². The molecule has 3 N–H and O–H groups in total. The normalized spacial score (nSPS) is 26.2. The van der Waals surface area contributed by atoms with Crippen LogP contribution in [0.2, 0.25) is 0 Å². The summed E-state index contributed by atoms with van der Waals surface area (Å²) in [4.78, 5) is 15.5. The van der Waals surface area contributed by atoms with Gasteiger partial charge >= 0.3 is 6.03 Å². The number of amides is 2. The van der Waals surface area contributed by atoms with Gasteiger partial charge in [-0.1, -0.05) is 75.4 Å². The van der Waals surface area contributed by atoms with Crippen molar-refractivity contribution in [3.63, 3.8) is 0 Å². The number of nitrogens with one attached hydrogen (secondary N) is 2. The number of nitrogens with zero attached hydrogens (tertiary/aromatic N) is 1. The molecule has 49 heavy (non-hydrogen) atoms. The molecule has 256 valence electrons. The van der Waals surface area contributed by atoms with E-state index in [9.17, 15) is 9.90 Å². The Kier molecular flexibility index (Phi) is 9.48. The minimum Gasteiger partial charge on any atom is -0.457 e. The minimum atomic E-state index is -0.547. The molecule has 1 aliphatic carbocycles. The van der Waals surface area contributed by atoms with E-state index in [0.29, 0.717) is 34.0 Å². The molecule has 8 nitrogen and oxygen atoms in total. The Bertz CT molecular complexity index is 1710. The van der Waals surface area contributed by atoms with Crippen LogP contribution in [0.5, 0.6) is 11.5 Å². The lowest BCUT2D eigenvalue weighted by molar-refractivity contribution is -0.253. The number of benzene rings is 4. The van der Waals surface area contributed by atoms with Crippen LogP contribution in [-0.2, 0) is 16.1 Å². The quantitative estimate of drug-likeness (QED) is 0.166. The van der Waals surface area contributed by atoms with Gasteiger partial charge in [0.25, 0.3) is 0 Å². The number of aliphatic hydroxyl groups excluding tert-OH is 1. The number of carbonyl (C=O) groups excluding carboxylic acids is 1. The Balaban J connectivity index is 1.00. The first-order valence-electron chi connectivity index (χ1n) is 17.4. The molecule has 2 heterocycles. The minimum absolute atomic E-state index is 0.000362. The second-order valence-electron chi connectivity index (χ2n) is 15.1. The monoisotopic (exact) mass is 661 g/mol. The van der Waals surface area contributed by atoms with Crippen molar-refractivity contribution in [2.75, 3.05) is 23.7 Å². The van der Waals surface area contributed by atoms with E-state index in [0.717, 1.165) is 42.0 Å². The van der Waals surface area contributed by atoms with Gasteiger partial charge in [0.1, 0.15) is 11.5 Å². The van der Waals surface area contributed by atoms with Crippen LogP contribution in [0.25, 0.3) is 0 Å². The fourth-order valence-corrected chi connectivity index (χ4v) is 8.33. The molecule has 2 bridgehead atoms. The van der Waals surface area contributed by atoms with Gasteiger partial charge in [0, 0.05) is 42.5 Å². The molecule has 4 aromatic carbocycles. The van der Waals surface area contributed by atoms with Crippen LogP contribution >= 0.6 is 0 Å². The number of aliphatic hydroxyl groups is 1. The number of urea groups is 1. The van der Waals surface area contributed by atoms with Crippen molar-refractivity contribution in [3.05, 3.63) is 120 Å². The van der Waals surface area contributed by atoms with E-state index in [1.807, 2.05) is 78.9 Å². The zero-order chi connectivity index (χ0) is 34.0. The lowest BCUT2D eigenvalue weighted by Gasteiger charge is -2.41. The number of anilines is 2. The van der Waals surface area contributed by atoms with Crippen LogP contribution in [-0.4, -0.2) is 41.3 Å². The molecule has 0 aromatic heterocycles. The summed E-state index contributed by atoms with van der Waals surface area (Å²) >= 11 is 0. The third kappa shape index (κ3) is 8.16. The van der Waals surface area contributed by atoms with Crippen molar-refractivity contribution in [2.45, 2.75) is 77.6 Å². The zero-order valence-electron chi connectivity index (χ0n) is 28.6. The van der Waals surface area contributed by atoms with E-state index < -0.39 is 6.29 Å². The van der Waals surface area contributed by atoms with Crippen molar-refractivity contribution in [2.24, 2.45) is 10.8 Å². The van der Waals surface area contributed by atoms with Gasteiger partial charge in [-0.15, -0.1) is 0 Å². The molecule has 3 aliphatic rings. The highest BCUT2D eigenvalue weighted by atomic mass is 16.7. The molecule has 7 rings (SSSR count). The van der Waals surface area contributed by atoms with Gasteiger partial charge in [-0.3, -0.25) is 4.90 Å². The lowest BCUT2D eigenvalue weighted by atomic mass is 9.65. The summed E-state index contributed by atoms with van der Waals surface area (Å²) in [5.74, 6) is 1.44. The Labute approximate surface area is 289 Å². The lowest BCUT2D eigenvalue weighted by Crippen LogP contribution is -2.42. The first-order valence-corrected chi connectivity index (χ1v) is 17.4. The maximum atomic E-state index is 12.8.